The van der Waals surface area contributed by atoms with Crippen LogP contribution in [-0.4, -0.2) is 18.0 Å². The third kappa shape index (κ3) is 4.15. The third-order valence-electron chi connectivity index (χ3n) is 2.73. The molecule has 0 amide bonds. The minimum Gasteiger partial charge on any atom is -0.214 e. The van der Waals surface area contributed by atoms with Crippen molar-refractivity contribution in [2.45, 2.75) is 23.9 Å². The van der Waals surface area contributed by atoms with Crippen LogP contribution in [0.3, 0.4) is 0 Å². The van der Waals surface area contributed by atoms with Gasteiger partial charge in [0.2, 0.25) is 0 Å². The van der Waals surface area contributed by atoms with Crippen LogP contribution in [0.5, 0.6) is 0 Å². The zero-order chi connectivity index (χ0) is 17.9. The van der Waals surface area contributed by atoms with E-state index in [-0.39, 0.29) is 16.8 Å². The molecule has 2 aromatic rings. The van der Waals surface area contributed by atoms with Crippen LogP contribution in [0.1, 0.15) is 5.56 Å². The summed E-state index contributed by atoms with van der Waals surface area (Å²) in [7, 11) is 0. The molecular formula is C14H9CoF9. The number of alkyl halides is 9. The zero-order valence-electron chi connectivity index (χ0n) is 11.4. The van der Waals surface area contributed by atoms with Gasteiger partial charge < -0.3 is 0 Å². The number of hydrogen-bond donors (Lipinski definition) is 0. The van der Waals surface area contributed by atoms with Crippen LogP contribution in [-0.2, 0) is 22.7 Å². The second kappa shape index (κ2) is 7.64. The maximum Gasteiger partial charge on any atom is 2.00 e. The van der Waals surface area contributed by atoms with Gasteiger partial charge in [-0.15, -0.1) is 0 Å². The normalized spacial score (nSPS) is 12.9. The maximum absolute atomic E-state index is 13.1. The first-order chi connectivity index (χ1) is 10.4. The smallest absolute Gasteiger partial charge is 0.214 e. The summed E-state index contributed by atoms with van der Waals surface area (Å²) >= 11 is 0. The SMILES string of the molecule is FC(F)(F)C(F)(F)C(F)(F)C(F)(F)[c-]1cccc1.[Co+2].c1cc[cH-]c1. The van der Waals surface area contributed by atoms with E-state index in [1.807, 2.05) is 30.3 Å². The summed E-state index contributed by atoms with van der Waals surface area (Å²) in [6.07, 6.45) is -6.79. The Balaban J connectivity index is 0.000000751. The monoisotopic (exact) mass is 407 g/mol. The summed E-state index contributed by atoms with van der Waals surface area (Å²) in [4.78, 5) is 0. The number of hydrogen-bond acceptors (Lipinski definition) is 0. The van der Waals surface area contributed by atoms with Crippen LogP contribution in [0.2, 0.25) is 0 Å². The van der Waals surface area contributed by atoms with Gasteiger partial charge in [-0.1, -0.05) is 5.56 Å². The fourth-order valence-electron chi connectivity index (χ4n) is 1.46. The Morgan fingerprint density at radius 1 is 0.625 bits per heavy atom. The molecule has 137 valence electrons. The van der Waals surface area contributed by atoms with E-state index >= 15 is 0 Å². The molecule has 0 N–H and O–H groups in total. The summed E-state index contributed by atoms with van der Waals surface area (Å²) in [5.41, 5.74) is -1.61. The average molecular weight is 407 g/mol. The van der Waals surface area contributed by atoms with Gasteiger partial charge in [0.25, 0.3) is 0 Å². The molecule has 2 aromatic carbocycles. The van der Waals surface area contributed by atoms with Crippen LogP contribution >= 0.6 is 0 Å². The molecule has 0 fully saturated rings. The van der Waals surface area contributed by atoms with Gasteiger partial charge in [-0.25, -0.2) is 33.0 Å². The summed E-state index contributed by atoms with van der Waals surface area (Å²) < 4.78 is 112. The minimum absolute atomic E-state index is 0. The minimum atomic E-state index is -6.85. The molecule has 0 saturated carbocycles. The fourth-order valence-corrected chi connectivity index (χ4v) is 1.46. The third-order valence-corrected chi connectivity index (χ3v) is 2.73. The van der Waals surface area contributed by atoms with Crippen molar-refractivity contribution in [2.24, 2.45) is 0 Å². The van der Waals surface area contributed by atoms with Crippen molar-refractivity contribution < 1.29 is 56.3 Å². The first-order valence-corrected chi connectivity index (χ1v) is 5.94. The summed E-state index contributed by atoms with van der Waals surface area (Å²) in [5.74, 6) is -19.1. The van der Waals surface area contributed by atoms with Crippen LogP contribution in [0.25, 0.3) is 0 Å². The topological polar surface area (TPSA) is 0 Å². The Bertz CT molecular complexity index is 551. The van der Waals surface area contributed by atoms with Crippen molar-refractivity contribution in [3.63, 3.8) is 0 Å². The predicted molar refractivity (Wildman–Crippen MR) is 63.9 cm³/mol. The van der Waals surface area contributed by atoms with E-state index in [4.69, 9.17) is 0 Å². The van der Waals surface area contributed by atoms with Crippen molar-refractivity contribution >= 4 is 0 Å². The standard InChI is InChI=1S/C9H4F9.C5H5.Co/c10-6(11,5-3-1-2-4-5)7(12,13)8(14,15)9(16,17)18;1-2-4-5-3-1;/h1-4H;1-5H;/q2*-1;+2. The summed E-state index contributed by atoms with van der Waals surface area (Å²) in [5, 5.41) is 0. The largest absolute Gasteiger partial charge is 2.00 e. The Labute approximate surface area is 141 Å². The molecule has 0 aliphatic rings. The van der Waals surface area contributed by atoms with Crippen molar-refractivity contribution in [3.8, 4) is 0 Å². The van der Waals surface area contributed by atoms with E-state index in [0.717, 1.165) is 12.1 Å². The van der Waals surface area contributed by atoms with E-state index in [1.165, 1.54) is 0 Å². The molecule has 0 nitrogen and oxygen atoms in total. The second-order valence-electron chi connectivity index (χ2n) is 4.36. The van der Waals surface area contributed by atoms with Gasteiger partial charge in [0.05, 0.1) is 0 Å². The Hall–Kier alpha value is -1.42. The van der Waals surface area contributed by atoms with Crippen molar-refractivity contribution in [1.29, 1.82) is 0 Å². The van der Waals surface area contributed by atoms with Gasteiger partial charge in [-0.3, -0.25) is 0 Å². The van der Waals surface area contributed by atoms with E-state index < -0.39 is 29.5 Å². The van der Waals surface area contributed by atoms with Crippen molar-refractivity contribution in [1.82, 2.24) is 0 Å². The fraction of sp³-hybridized carbons (Fsp3) is 0.286. The molecule has 0 aliphatic carbocycles. The van der Waals surface area contributed by atoms with Crippen LogP contribution in [0.15, 0.2) is 54.6 Å². The zero-order valence-corrected chi connectivity index (χ0v) is 12.5. The van der Waals surface area contributed by atoms with E-state index in [2.05, 4.69) is 0 Å². The maximum atomic E-state index is 13.1. The molecule has 24 heavy (non-hydrogen) atoms. The van der Waals surface area contributed by atoms with E-state index in [0.29, 0.717) is 12.1 Å². The van der Waals surface area contributed by atoms with Crippen molar-refractivity contribution in [3.05, 3.63) is 60.2 Å². The predicted octanol–water partition coefficient (Wildman–Crippen LogP) is 5.73. The van der Waals surface area contributed by atoms with Crippen LogP contribution < -0.4 is 0 Å². The van der Waals surface area contributed by atoms with E-state index in [1.54, 1.807) is 0 Å². The van der Waals surface area contributed by atoms with Crippen LogP contribution in [0.4, 0.5) is 39.5 Å². The van der Waals surface area contributed by atoms with Crippen molar-refractivity contribution in [2.75, 3.05) is 0 Å². The van der Waals surface area contributed by atoms with Gasteiger partial charge >= 0.3 is 40.7 Å². The molecule has 0 unspecified atom stereocenters. The quantitative estimate of drug-likeness (QED) is 0.450. The first-order valence-electron chi connectivity index (χ1n) is 5.94. The molecule has 0 spiro atoms. The summed E-state index contributed by atoms with van der Waals surface area (Å²) in [6.45, 7) is 0. The molecule has 1 radical (unpaired) electrons. The molecule has 10 heteroatoms. The first kappa shape index (κ1) is 22.6. The molecule has 0 bridgehead atoms. The Kier molecular flexibility index (Phi) is 7.19. The van der Waals surface area contributed by atoms with E-state index in [9.17, 15) is 39.5 Å². The molecule has 0 aliphatic heterocycles. The number of halogens is 9. The molecule has 0 saturated heterocycles. The average Bonchev–Trinajstić information content (AvgIpc) is 3.13. The van der Waals surface area contributed by atoms with Crippen LogP contribution in [0, 0.1) is 0 Å². The van der Waals surface area contributed by atoms with Gasteiger partial charge in [-0.2, -0.15) is 61.1 Å². The molecule has 2 rings (SSSR count). The Morgan fingerprint density at radius 3 is 1.33 bits per heavy atom. The molecule has 0 aromatic heterocycles. The Morgan fingerprint density at radius 2 is 1.04 bits per heavy atom. The van der Waals surface area contributed by atoms with Gasteiger partial charge in [0.15, 0.2) is 0 Å². The van der Waals surface area contributed by atoms with Gasteiger partial charge in [0, 0.05) is 0 Å². The molecule has 0 heterocycles. The van der Waals surface area contributed by atoms with Gasteiger partial charge in [-0.05, 0) is 0 Å². The summed E-state index contributed by atoms with van der Waals surface area (Å²) in [6, 6.07) is 12.3. The van der Waals surface area contributed by atoms with Gasteiger partial charge in [0.1, 0.15) is 0 Å². The molecule has 0 atom stereocenters. The molecular weight excluding hydrogens is 398 g/mol. The second-order valence-corrected chi connectivity index (χ2v) is 4.36. The number of rotatable bonds is 3.